The van der Waals surface area contributed by atoms with Gasteiger partial charge < -0.3 is 14.8 Å². The van der Waals surface area contributed by atoms with Gasteiger partial charge in [0.25, 0.3) is 5.56 Å². The average Bonchev–Trinajstić information content (AvgIpc) is 2.98. The van der Waals surface area contributed by atoms with E-state index < -0.39 is 0 Å². The number of carbonyl (C=O) groups is 1. The Balaban J connectivity index is 1.57. The molecule has 0 atom stereocenters. The summed E-state index contributed by atoms with van der Waals surface area (Å²) in [5.41, 5.74) is 0.651. The van der Waals surface area contributed by atoms with Crippen molar-refractivity contribution in [3.8, 4) is 11.5 Å². The molecule has 26 heavy (non-hydrogen) atoms. The highest BCUT2D eigenvalue weighted by molar-refractivity contribution is 7.13. The molecule has 3 aromatic rings. The minimum atomic E-state index is -0.105. The van der Waals surface area contributed by atoms with Crippen LogP contribution in [-0.4, -0.2) is 24.1 Å². The Morgan fingerprint density at radius 2 is 1.88 bits per heavy atom. The van der Waals surface area contributed by atoms with E-state index in [0.29, 0.717) is 36.6 Å². The van der Waals surface area contributed by atoms with Crippen molar-refractivity contribution >= 4 is 33.2 Å². The lowest BCUT2D eigenvalue weighted by Crippen LogP contribution is -2.16. The van der Waals surface area contributed by atoms with Gasteiger partial charge in [-0.1, -0.05) is 23.7 Å². The standard InChI is InChI=1S/C19H20N2O4S/c1-24-15-10-9-13(12-16(15)25-2)20-18(22)8-5-11-21-19(23)14-6-3-4-7-17(14)26-21/h3-4,6-7,9-10,12H,5,8,11H2,1-2H3,(H,20,22). The first kappa shape index (κ1) is 18.0. The number of carbonyl (C=O) groups excluding carboxylic acids is 1. The zero-order valence-electron chi connectivity index (χ0n) is 14.7. The first-order valence-corrected chi connectivity index (χ1v) is 9.00. The number of anilines is 1. The Kier molecular flexibility index (Phi) is 5.58. The fraction of sp³-hybridized carbons (Fsp3) is 0.263. The number of rotatable bonds is 7. The fourth-order valence-corrected chi connectivity index (χ4v) is 3.72. The van der Waals surface area contributed by atoms with Gasteiger partial charge in [-0.05, 0) is 30.7 Å². The van der Waals surface area contributed by atoms with E-state index in [1.807, 2.05) is 24.3 Å². The van der Waals surface area contributed by atoms with Crippen LogP contribution in [0.25, 0.3) is 10.1 Å². The van der Waals surface area contributed by atoms with Gasteiger partial charge in [0.15, 0.2) is 11.5 Å². The molecule has 6 nitrogen and oxygen atoms in total. The van der Waals surface area contributed by atoms with E-state index in [2.05, 4.69) is 5.32 Å². The van der Waals surface area contributed by atoms with Gasteiger partial charge in [-0.3, -0.25) is 13.5 Å². The summed E-state index contributed by atoms with van der Waals surface area (Å²) in [4.78, 5) is 24.4. The molecule has 136 valence electrons. The average molecular weight is 372 g/mol. The minimum absolute atomic E-state index is 0.00546. The first-order valence-electron chi connectivity index (χ1n) is 8.23. The molecule has 1 amide bonds. The third kappa shape index (κ3) is 3.88. The summed E-state index contributed by atoms with van der Waals surface area (Å²) in [6.45, 7) is 0.525. The van der Waals surface area contributed by atoms with E-state index in [9.17, 15) is 9.59 Å². The van der Waals surface area contributed by atoms with Crippen molar-refractivity contribution in [2.45, 2.75) is 19.4 Å². The van der Waals surface area contributed by atoms with E-state index in [1.165, 1.54) is 11.5 Å². The Morgan fingerprint density at radius 3 is 2.62 bits per heavy atom. The van der Waals surface area contributed by atoms with Gasteiger partial charge in [-0.25, -0.2) is 0 Å². The van der Waals surface area contributed by atoms with Gasteiger partial charge >= 0.3 is 0 Å². The molecule has 1 heterocycles. The minimum Gasteiger partial charge on any atom is -0.493 e. The molecular weight excluding hydrogens is 352 g/mol. The summed E-state index contributed by atoms with van der Waals surface area (Å²) in [5, 5.41) is 3.57. The summed E-state index contributed by atoms with van der Waals surface area (Å²) < 4.78 is 13.1. The number of ether oxygens (including phenoxy) is 2. The number of aromatic nitrogens is 1. The van der Waals surface area contributed by atoms with Crippen LogP contribution in [0.15, 0.2) is 47.3 Å². The second-order valence-corrected chi connectivity index (χ2v) is 6.78. The second-order valence-electron chi connectivity index (χ2n) is 5.72. The summed E-state index contributed by atoms with van der Waals surface area (Å²) in [7, 11) is 3.11. The van der Waals surface area contributed by atoms with Crippen molar-refractivity contribution < 1.29 is 14.3 Å². The van der Waals surface area contributed by atoms with Crippen molar-refractivity contribution in [1.29, 1.82) is 0 Å². The highest BCUT2D eigenvalue weighted by Crippen LogP contribution is 2.29. The largest absolute Gasteiger partial charge is 0.493 e. The molecule has 3 rings (SSSR count). The third-order valence-electron chi connectivity index (χ3n) is 3.98. The fourth-order valence-electron chi connectivity index (χ4n) is 2.69. The van der Waals surface area contributed by atoms with E-state index in [4.69, 9.17) is 9.47 Å². The molecular formula is C19H20N2O4S. The van der Waals surface area contributed by atoms with Gasteiger partial charge in [-0.15, -0.1) is 0 Å². The zero-order chi connectivity index (χ0) is 18.5. The van der Waals surface area contributed by atoms with Crippen molar-refractivity contribution in [3.05, 3.63) is 52.8 Å². The quantitative estimate of drug-likeness (QED) is 0.689. The molecule has 0 aliphatic carbocycles. The lowest BCUT2D eigenvalue weighted by molar-refractivity contribution is -0.116. The number of nitrogens with one attached hydrogen (secondary N) is 1. The van der Waals surface area contributed by atoms with Crippen LogP contribution < -0.4 is 20.3 Å². The molecule has 0 radical (unpaired) electrons. The van der Waals surface area contributed by atoms with Gasteiger partial charge in [0.2, 0.25) is 5.91 Å². The zero-order valence-corrected chi connectivity index (χ0v) is 15.5. The molecule has 1 N–H and O–H groups in total. The molecule has 0 fully saturated rings. The lowest BCUT2D eigenvalue weighted by Gasteiger charge is -2.10. The molecule has 7 heteroatoms. The van der Waals surface area contributed by atoms with Crippen molar-refractivity contribution in [1.82, 2.24) is 3.96 Å². The van der Waals surface area contributed by atoms with E-state index in [0.717, 1.165) is 10.1 Å². The smallest absolute Gasteiger partial charge is 0.268 e. The predicted octanol–water partition coefficient (Wildman–Crippen LogP) is 3.50. The molecule has 0 saturated heterocycles. The highest BCUT2D eigenvalue weighted by Gasteiger charge is 2.09. The molecule has 0 bridgehead atoms. The molecule has 1 aromatic heterocycles. The Morgan fingerprint density at radius 1 is 1.12 bits per heavy atom. The number of aryl methyl sites for hydroxylation is 1. The van der Waals surface area contributed by atoms with Crippen LogP contribution >= 0.6 is 11.5 Å². The summed E-state index contributed by atoms with van der Waals surface area (Å²) in [6.07, 6.45) is 0.918. The van der Waals surface area contributed by atoms with Crippen molar-refractivity contribution in [3.63, 3.8) is 0 Å². The van der Waals surface area contributed by atoms with Gasteiger partial charge in [0, 0.05) is 24.7 Å². The number of methoxy groups -OCH3 is 2. The van der Waals surface area contributed by atoms with Crippen LogP contribution in [0, 0.1) is 0 Å². The number of nitrogens with zero attached hydrogens (tertiary/aromatic N) is 1. The van der Waals surface area contributed by atoms with Gasteiger partial charge in [-0.2, -0.15) is 0 Å². The molecule has 0 aliphatic heterocycles. The van der Waals surface area contributed by atoms with Crippen molar-refractivity contribution in [2.75, 3.05) is 19.5 Å². The molecule has 0 spiro atoms. The number of amides is 1. The monoisotopic (exact) mass is 372 g/mol. The summed E-state index contributed by atoms with van der Waals surface area (Å²) in [5.74, 6) is 1.06. The van der Waals surface area contributed by atoms with Crippen LogP contribution in [0.2, 0.25) is 0 Å². The maximum atomic E-state index is 12.3. The topological polar surface area (TPSA) is 69.6 Å². The third-order valence-corrected chi connectivity index (χ3v) is 5.11. The van der Waals surface area contributed by atoms with E-state index in [1.54, 1.807) is 36.4 Å². The Labute approximate surface area is 155 Å². The maximum absolute atomic E-state index is 12.3. The summed E-state index contributed by atoms with van der Waals surface area (Å²) in [6, 6.07) is 12.8. The van der Waals surface area contributed by atoms with Crippen molar-refractivity contribution in [2.24, 2.45) is 0 Å². The van der Waals surface area contributed by atoms with Crippen LogP contribution in [0.4, 0.5) is 5.69 Å². The number of benzene rings is 2. The normalized spacial score (nSPS) is 10.7. The molecule has 0 unspecified atom stereocenters. The maximum Gasteiger partial charge on any atom is 0.268 e. The Bertz CT molecular complexity index is 977. The van der Waals surface area contributed by atoms with Gasteiger partial charge in [0.05, 0.1) is 24.3 Å². The predicted molar refractivity (Wildman–Crippen MR) is 103 cm³/mol. The van der Waals surface area contributed by atoms with Crippen LogP contribution in [0.1, 0.15) is 12.8 Å². The summed E-state index contributed by atoms with van der Waals surface area (Å²) >= 11 is 1.43. The molecule has 2 aromatic carbocycles. The van der Waals surface area contributed by atoms with Gasteiger partial charge in [0.1, 0.15) is 0 Å². The second kappa shape index (κ2) is 8.05. The number of hydrogen-bond donors (Lipinski definition) is 1. The van der Waals surface area contributed by atoms with Crippen LogP contribution in [0.5, 0.6) is 11.5 Å². The number of fused-ring (bicyclic) bond motifs is 1. The van der Waals surface area contributed by atoms with Crippen LogP contribution in [0.3, 0.4) is 0 Å². The Hall–Kier alpha value is -2.80. The number of hydrogen-bond acceptors (Lipinski definition) is 5. The molecule has 0 saturated carbocycles. The van der Waals surface area contributed by atoms with E-state index >= 15 is 0 Å². The molecule has 0 aliphatic rings. The lowest BCUT2D eigenvalue weighted by atomic mass is 10.2. The van der Waals surface area contributed by atoms with E-state index in [-0.39, 0.29) is 11.5 Å². The first-order chi connectivity index (χ1) is 12.6. The van der Waals surface area contributed by atoms with Crippen LogP contribution in [-0.2, 0) is 11.3 Å². The SMILES string of the molecule is COc1ccc(NC(=O)CCCn2sc3ccccc3c2=O)cc1OC. The highest BCUT2D eigenvalue weighted by atomic mass is 32.1.